The van der Waals surface area contributed by atoms with Gasteiger partial charge in [-0.15, -0.1) is 0 Å². The molecule has 0 unspecified atom stereocenters. The topological polar surface area (TPSA) is 58.5 Å². The quantitative estimate of drug-likeness (QED) is 0.843. The SMILES string of the molecule is CC1(C)CN(c2ncnc(Cl)c2CO)CC(C)(C)O1. The van der Waals surface area contributed by atoms with Crippen LogP contribution in [0.25, 0.3) is 0 Å². The van der Waals surface area contributed by atoms with Crippen molar-refractivity contribution in [3.63, 3.8) is 0 Å². The summed E-state index contributed by atoms with van der Waals surface area (Å²) in [4.78, 5) is 10.3. The van der Waals surface area contributed by atoms with Crippen LogP contribution in [0.3, 0.4) is 0 Å². The number of aliphatic hydroxyl groups excluding tert-OH is 1. The lowest BCUT2D eigenvalue weighted by atomic mass is 9.98. The molecular weight excluding hydrogens is 266 g/mol. The van der Waals surface area contributed by atoms with Crippen molar-refractivity contribution < 1.29 is 9.84 Å². The number of hydrogen-bond donors (Lipinski definition) is 1. The molecule has 19 heavy (non-hydrogen) atoms. The van der Waals surface area contributed by atoms with Gasteiger partial charge in [-0.3, -0.25) is 0 Å². The maximum absolute atomic E-state index is 9.47. The summed E-state index contributed by atoms with van der Waals surface area (Å²) in [5, 5.41) is 9.77. The van der Waals surface area contributed by atoms with Crippen LogP contribution in [0.4, 0.5) is 5.82 Å². The maximum atomic E-state index is 9.47. The first kappa shape index (κ1) is 14.5. The second kappa shape index (κ2) is 4.89. The zero-order valence-electron chi connectivity index (χ0n) is 11.8. The fourth-order valence-electron chi connectivity index (χ4n) is 2.73. The van der Waals surface area contributed by atoms with E-state index in [0.717, 1.165) is 0 Å². The van der Waals surface area contributed by atoms with E-state index in [1.807, 2.05) is 27.7 Å². The highest BCUT2D eigenvalue weighted by Crippen LogP contribution is 2.33. The number of aliphatic hydroxyl groups is 1. The summed E-state index contributed by atoms with van der Waals surface area (Å²) in [7, 11) is 0. The van der Waals surface area contributed by atoms with Crippen molar-refractivity contribution in [3.8, 4) is 0 Å². The van der Waals surface area contributed by atoms with Crippen LogP contribution >= 0.6 is 11.6 Å². The van der Waals surface area contributed by atoms with Crippen molar-refractivity contribution in [2.45, 2.75) is 45.5 Å². The van der Waals surface area contributed by atoms with Crippen molar-refractivity contribution in [3.05, 3.63) is 17.0 Å². The largest absolute Gasteiger partial charge is 0.391 e. The molecule has 1 saturated heterocycles. The first-order valence-corrected chi connectivity index (χ1v) is 6.67. The summed E-state index contributed by atoms with van der Waals surface area (Å²) in [6, 6.07) is 0. The summed E-state index contributed by atoms with van der Waals surface area (Å²) >= 11 is 6.02. The first-order chi connectivity index (χ1) is 8.74. The highest BCUT2D eigenvalue weighted by molar-refractivity contribution is 6.30. The Bertz CT molecular complexity index is 461. The standard InChI is InChI=1S/C13H20ClN3O2/c1-12(2)6-17(7-13(3,4)19-12)11-9(5-18)10(14)15-8-16-11/h8,18H,5-7H2,1-4H3. The number of nitrogens with zero attached hydrogens (tertiary/aromatic N) is 3. The molecule has 0 spiro atoms. The zero-order valence-corrected chi connectivity index (χ0v) is 12.5. The van der Waals surface area contributed by atoms with Gasteiger partial charge in [-0.25, -0.2) is 9.97 Å². The van der Waals surface area contributed by atoms with Gasteiger partial charge < -0.3 is 14.7 Å². The second-order valence-corrected chi connectivity index (χ2v) is 6.46. The van der Waals surface area contributed by atoms with E-state index in [1.165, 1.54) is 6.33 Å². The van der Waals surface area contributed by atoms with Gasteiger partial charge in [0.15, 0.2) is 0 Å². The van der Waals surface area contributed by atoms with E-state index >= 15 is 0 Å². The van der Waals surface area contributed by atoms with Gasteiger partial charge in [0.1, 0.15) is 17.3 Å². The third-order valence-electron chi connectivity index (χ3n) is 3.02. The van der Waals surface area contributed by atoms with E-state index in [1.54, 1.807) is 0 Å². The molecule has 1 aromatic rings. The molecule has 0 aromatic carbocycles. The van der Waals surface area contributed by atoms with Gasteiger partial charge in [0.05, 0.1) is 23.4 Å². The number of ether oxygens (including phenoxy) is 1. The Balaban J connectivity index is 2.39. The predicted octanol–water partition coefficient (Wildman–Crippen LogP) is 2.02. The normalized spacial score (nSPS) is 21.5. The average molecular weight is 286 g/mol. The third-order valence-corrected chi connectivity index (χ3v) is 3.35. The van der Waals surface area contributed by atoms with Crippen LogP contribution in [0.2, 0.25) is 5.15 Å². The van der Waals surface area contributed by atoms with Crippen molar-refractivity contribution in [2.75, 3.05) is 18.0 Å². The van der Waals surface area contributed by atoms with Crippen LogP contribution in [0.15, 0.2) is 6.33 Å². The van der Waals surface area contributed by atoms with Gasteiger partial charge in [0.25, 0.3) is 0 Å². The van der Waals surface area contributed by atoms with E-state index in [2.05, 4.69) is 14.9 Å². The van der Waals surface area contributed by atoms with Crippen molar-refractivity contribution in [1.29, 1.82) is 0 Å². The maximum Gasteiger partial charge on any atom is 0.140 e. The van der Waals surface area contributed by atoms with Gasteiger partial charge in [0, 0.05) is 13.1 Å². The number of halogens is 1. The van der Waals surface area contributed by atoms with Gasteiger partial charge >= 0.3 is 0 Å². The minimum Gasteiger partial charge on any atom is -0.391 e. The van der Waals surface area contributed by atoms with E-state index in [0.29, 0.717) is 29.6 Å². The summed E-state index contributed by atoms with van der Waals surface area (Å²) in [6.45, 7) is 9.38. The highest BCUT2D eigenvalue weighted by Gasteiger charge is 2.39. The Morgan fingerprint density at radius 3 is 2.37 bits per heavy atom. The number of aromatic nitrogens is 2. The fraction of sp³-hybridized carbons (Fsp3) is 0.692. The van der Waals surface area contributed by atoms with Crippen LogP contribution in [0.5, 0.6) is 0 Å². The van der Waals surface area contributed by atoms with E-state index in [4.69, 9.17) is 16.3 Å². The summed E-state index contributed by atoms with van der Waals surface area (Å²) in [5.74, 6) is 0.687. The molecule has 2 heterocycles. The van der Waals surface area contributed by atoms with Gasteiger partial charge in [-0.05, 0) is 27.7 Å². The molecular formula is C13H20ClN3O2. The molecule has 1 aliphatic rings. The Morgan fingerprint density at radius 1 is 1.26 bits per heavy atom. The molecule has 6 heteroatoms. The molecule has 0 bridgehead atoms. The molecule has 5 nitrogen and oxygen atoms in total. The van der Waals surface area contributed by atoms with E-state index < -0.39 is 0 Å². The lowest BCUT2D eigenvalue weighted by Crippen LogP contribution is -2.57. The first-order valence-electron chi connectivity index (χ1n) is 6.29. The van der Waals surface area contributed by atoms with Crippen LogP contribution in [-0.2, 0) is 11.3 Å². The van der Waals surface area contributed by atoms with E-state index in [9.17, 15) is 5.11 Å². The molecule has 0 radical (unpaired) electrons. The monoisotopic (exact) mass is 285 g/mol. The average Bonchev–Trinajstić information content (AvgIpc) is 2.24. The number of morpholine rings is 1. The summed E-state index contributed by atoms with van der Waals surface area (Å²) < 4.78 is 6.04. The molecule has 106 valence electrons. The lowest BCUT2D eigenvalue weighted by Gasteiger charge is -2.47. The molecule has 0 saturated carbocycles. The summed E-state index contributed by atoms with van der Waals surface area (Å²) in [6.07, 6.45) is 1.42. The van der Waals surface area contributed by atoms with Gasteiger partial charge in [-0.2, -0.15) is 0 Å². The molecule has 0 amide bonds. The molecule has 1 aromatic heterocycles. The Kier molecular flexibility index (Phi) is 3.73. The third kappa shape index (κ3) is 3.16. The van der Waals surface area contributed by atoms with Crippen molar-refractivity contribution >= 4 is 17.4 Å². The van der Waals surface area contributed by atoms with Crippen LogP contribution in [0, 0.1) is 0 Å². The summed E-state index contributed by atoms with van der Waals surface area (Å²) in [5.41, 5.74) is -0.00434. The molecule has 0 aliphatic carbocycles. The molecule has 1 fully saturated rings. The van der Waals surface area contributed by atoms with Gasteiger partial charge in [-0.1, -0.05) is 11.6 Å². The molecule has 1 N–H and O–H groups in total. The van der Waals surface area contributed by atoms with Crippen LogP contribution < -0.4 is 4.90 Å². The van der Waals surface area contributed by atoms with Crippen molar-refractivity contribution in [1.82, 2.24) is 9.97 Å². The smallest absolute Gasteiger partial charge is 0.140 e. The van der Waals surface area contributed by atoms with Crippen molar-refractivity contribution in [2.24, 2.45) is 0 Å². The molecule has 2 rings (SSSR count). The predicted molar refractivity (Wildman–Crippen MR) is 74.4 cm³/mol. The minimum atomic E-state index is -0.286. The number of rotatable bonds is 2. The van der Waals surface area contributed by atoms with Crippen LogP contribution in [0.1, 0.15) is 33.3 Å². The van der Waals surface area contributed by atoms with Crippen LogP contribution in [-0.4, -0.2) is 39.4 Å². The molecule has 1 aliphatic heterocycles. The lowest BCUT2D eigenvalue weighted by molar-refractivity contribution is -0.133. The highest BCUT2D eigenvalue weighted by atomic mass is 35.5. The Labute approximate surface area is 118 Å². The van der Waals surface area contributed by atoms with Gasteiger partial charge in [0.2, 0.25) is 0 Å². The van der Waals surface area contributed by atoms with E-state index in [-0.39, 0.29) is 17.8 Å². The molecule has 0 atom stereocenters. The second-order valence-electron chi connectivity index (χ2n) is 6.10. The number of anilines is 1. The Hall–Kier alpha value is -0.910. The Morgan fingerprint density at radius 2 is 1.84 bits per heavy atom. The minimum absolute atomic E-state index is 0.173. The fourth-order valence-corrected chi connectivity index (χ4v) is 2.92. The zero-order chi connectivity index (χ0) is 14.3. The number of hydrogen-bond acceptors (Lipinski definition) is 5.